The van der Waals surface area contributed by atoms with E-state index in [1.807, 2.05) is 13.8 Å². The number of carbonyl (C=O) groups excluding carboxylic acids is 2. The molecule has 0 aliphatic heterocycles. The van der Waals surface area contributed by atoms with Crippen LogP contribution in [0.4, 0.5) is 0 Å². The van der Waals surface area contributed by atoms with Gasteiger partial charge in [0.2, 0.25) is 5.75 Å². The summed E-state index contributed by atoms with van der Waals surface area (Å²) in [5.41, 5.74) is 0.400. The first-order valence-corrected chi connectivity index (χ1v) is 8.46. The van der Waals surface area contributed by atoms with Gasteiger partial charge in [0.25, 0.3) is 5.91 Å². The molecule has 26 heavy (non-hydrogen) atoms. The Morgan fingerprint density at radius 2 is 1.46 bits per heavy atom. The molecule has 1 aromatic carbocycles. The predicted octanol–water partition coefficient (Wildman–Crippen LogP) is 2.62. The van der Waals surface area contributed by atoms with Gasteiger partial charge in [-0.2, -0.15) is 0 Å². The van der Waals surface area contributed by atoms with Crippen LogP contribution >= 0.6 is 0 Å². The molecule has 0 heterocycles. The van der Waals surface area contributed by atoms with Gasteiger partial charge < -0.3 is 23.8 Å². The van der Waals surface area contributed by atoms with Crippen molar-refractivity contribution in [2.75, 3.05) is 41.5 Å². The monoisotopic (exact) mass is 367 g/mol. The first-order chi connectivity index (χ1) is 12.3. The van der Waals surface area contributed by atoms with Crippen molar-refractivity contribution in [3.05, 3.63) is 17.7 Å². The standard InChI is InChI=1S/C19H29NO6/c1-12(2)10-20(11-13(3)19(22)26-7)18(21)14-8-15(23-4)17(25-6)16(9-14)24-5/h8-9,12-13H,10-11H2,1-7H3. The maximum absolute atomic E-state index is 13.1. The minimum Gasteiger partial charge on any atom is -0.493 e. The number of hydrogen-bond donors (Lipinski definition) is 0. The summed E-state index contributed by atoms with van der Waals surface area (Å²) < 4.78 is 20.7. The van der Waals surface area contributed by atoms with Crippen LogP contribution in [-0.4, -0.2) is 58.3 Å². The van der Waals surface area contributed by atoms with Crippen molar-refractivity contribution in [2.45, 2.75) is 20.8 Å². The zero-order valence-electron chi connectivity index (χ0n) is 16.6. The lowest BCUT2D eigenvalue weighted by Crippen LogP contribution is -2.39. The molecule has 0 saturated heterocycles. The molecule has 0 bridgehead atoms. The van der Waals surface area contributed by atoms with Crippen molar-refractivity contribution >= 4 is 11.9 Å². The van der Waals surface area contributed by atoms with E-state index in [0.717, 1.165) is 0 Å². The summed E-state index contributed by atoms with van der Waals surface area (Å²) in [5.74, 6) is 0.479. The third-order valence-corrected chi connectivity index (χ3v) is 3.88. The molecule has 0 saturated carbocycles. The Hall–Kier alpha value is -2.44. The van der Waals surface area contributed by atoms with Crippen LogP contribution < -0.4 is 14.2 Å². The SMILES string of the molecule is COC(=O)C(C)CN(CC(C)C)C(=O)c1cc(OC)c(OC)c(OC)c1. The number of carbonyl (C=O) groups is 2. The molecule has 7 nitrogen and oxygen atoms in total. The summed E-state index contributed by atoms with van der Waals surface area (Å²) in [6.07, 6.45) is 0. The van der Waals surface area contributed by atoms with Crippen molar-refractivity contribution in [2.24, 2.45) is 11.8 Å². The number of methoxy groups -OCH3 is 4. The molecular weight excluding hydrogens is 338 g/mol. The van der Waals surface area contributed by atoms with Gasteiger partial charge in [-0.15, -0.1) is 0 Å². The third-order valence-electron chi connectivity index (χ3n) is 3.88. The van der Waals surface area contributed by atoms with E-state index >= 15 is 0 Å². The summed E-state index contributed by atoms with van der Waals surface area (Å²) in [4.78, 5) is 26.5. The Morgan fingerprint density at radius 1 is 0.923 bits per heavy atom. The molecule has 1 amide bonds. The number of nitrogens with zero attached hydrogens (tertiary/aromatic N) is 1. The van der Waals surface area contributed by atoms with Crippen LogP contribution in [0.15, 0.2) is 12.1 Å². The summed E-state index contributed by atoms with van der Waals surface area (Å²) in [6.45, 7) is 6.54. The highest BCUT2D eigenvalue weighted by molar-refractivity contribution is 5.96. The highest BCUT2D eigenvalue weighted by atomic mass is 16.5. The molecule has 0 aromatic heterocycles. The topological polar surface area (TPSA) is 74.3 Å². The highest BCUT2D eigenvalue weighted by Gasteiger charge is 2.25. The molecule has 0 N–H and O–H groups in total. The molecule has 1 unspecified atom stereocenters. The van der Waals surface area contributed by atoms with E-state index in [1.165, 1.54) is 28.4 Å². The first-order valence-electron chi connectivity index (χ1n) is 8.46. The van der Waals surface area contributed by atoms with E-state index in [4.69, 9.17) is 18.9 Å². The lowest BCUT2D eigenvalue weighted by atomic mass is 10.1. The minimum atomic E-state index is -0.426. The quantitative estimate of drug-likeness (QED) is 0.625. The van der Waals surface area contributed by atoms with Gasteiger partial charge in [-0.05, 0) is 18.1 Å². The summed E-state index contributed by atoms with van der Waals surface area (Å²) in [6, 6.07) is 3.22. The molecular formula is C19H29NO6. The maximum Gasteiger partial charge on any atom is 0.310 e. The fourth-order valence-electron chi connectivity index (χ4n) is 2.67. The van der Waals surface area contributed by atoms with Crippen LogP contribution in [0.2, 0.25) is 0 Å². The van der Waals surface area contributed by atoms with Crippen molar-refractivity contribution in [1.29, 1.82) is 0 Å². The van der Waals surface area contributed by atoms with Gasteiger partial charge in [0.05, 0.1) is 34.4 Å². The zero-order valence-corrected chi connectivity index (χ0v) is 16.6. The van der Waals surface area contributed by atoms with E-state index in [2.05, 4.69) is 0 Å². The van der Waals surface area contributed by atoms with Crippen LogP contribution in [0.1, 0.15) is 31.1 Å². The van der Waals surface area contributed by atoms with E-state index in [0.29, 0.717) is 29.4 Å². The van der Waals surface area contributed by atoms with Gasteiger partial charge in [0, 0.05) is 18.7 Å². The number of amides is 1. The van der Waals surface area contributed by atoms with Crippen molar-refractivity contribution in [3.63, 3.8) is 0 Å². The largest absolute Gasteiger partial charge is 0.493 e. The molecule has 7 heteroatoms. The fraction of sp³-hybridized carbons (Fsp3) is 0.579. The van der Waals surface area contributed by atoms with Crippen LogP contribution in [0, 0.1) is 11.8 Å². The minimum absolute atomic E-state index is 0.214. The summed E-state index contributed by atoms with van der Waals surface area (Å²) in [5, 5.41) is 0. The second-order valence-electron chi connectivity index (χ2n) is 6.44. The Morgan fingerprint density at radius 3 is 1.85 bits per heavy atom. The average molecular weight is 367 g/mol. The lowest BCUT2D eigenvalue weighted by molar-refractivity contribution is -0.145. The van der Waals surface area contributed by atoms with Crippen LogP contribution in [0.25, 0.3) is 0 Å². The Bertz CT molecular complexity index is 603. The highest BCUT2D eigenvalue weighted by Crippen LogP contribution is 2.38. The number of rotatable bonds is 9. The van der Waals surface area contributed by atoms with Crippen molar-refractivity contribution in [1.82, 2.24) is 4.90 Å². The van der Waals surface area contributed by atoms with Crippen LogP contribution in [0.5, 0.6) is 17.2 Å². The summed E-state index contributed by atoms with van der Waals surface area (Å²) in [7, 11) is 5.84. The second kappa shape index (κ2) is 9.89. The fourth-order valence-corrected chi connectivity index (χ4v) is 2.67. The average Bonchev–Trinajstić information content (AvgIpc) is 2.64. The normalized spacial score (nSPS) is 11.7. The van der Waals surface area contributed by atoms with Crippen molar-refractivity contribution in [3.8, 4) is 17.2 Å². The van der Waals surface area contributed by atoms with E-state index in [-0.39, 0.29) is 24.3 Å². The lowest BCUT2D eigenvalue weighted by Gasteiger charge is -2.27. The van der Waals surface area contributed by atoms with Crippen LogP contribution in [-0.2, 0) is 9.53 Å². The van der Waals surface area contributed by atoms with Crippen LogP contribution in [0.3, 0.4) is 0 Å². The Kier molecular flexibility index (Phi) is 8.22. The maximum atomic E-state index is 13.1. The molecule has 1 atom stereocenters. The molecule has 146 valence electrons. The van der Waals surface area contributed by atoms with Gasteiger partial charge in [-0.25, -0.2) is 0 Å². The van der Waals surface area contributed by atoms with Gasteiger partial charge in [-0.3, -0.25) is 9.59 Å². The summed E-state index contributed by atoms with van der Waals surface area (Å²) >= 11 is 0. The van der Waals surface area contributed by atoms with E-state index in [9.17, 15) is 9.59 Å². The van der Waals surface area contributed by atoms with Gasteiger partial charge in [0.15, 0.2) is 11.5 Å². The molecule has 1 aromatic rings. The molecule has 1 rings (SSSR count). The van der Waals surface area contributed by atoms with Gasteiger partial charge in [-0.1, -0.05) is 20.8 Å². The number of hydrogen-bond acceptors (Lipinski definition) is 6. The Labute approximate surface area is 155 Å². The smallest absolute Gasteiger partial charge is 0.310 e. The molecule has 0 aliphatic carbocycles. The number of benzene rings is 1. The molecule has 0 fully saturated rings. The third kappa shape index (κ3) is 5.28. The Balaban J connectivity index is 3.23. The van der Waals surface area contributed by atoms with Gasteiger partial charge in [0.1, 0.15) is 0 Å². The molecule has 0 spiro atoms. The zero-order chi connectivity index (χ0) is 19.9. The molecule has 0 aliphatic rings. The second-order valence-corrected chi connectivity index (χ2v) is 6.44. The predicted molar refractivity (Wildman–Crippen MR) is 98.0 cm³/mol. The first kappa shape index (κ1) is 21.6. The van der Waals surface area contributed by atoms with E-state index in [1.54, 1.807) is 24.0 Å². The van der Waals surface area contributed by atoms with E-state index < -0.39 is 5.92 Å². The molecule has 0 radical (unpaired) electrons. The van der Waals surface area contributed by atoms with Gasteiger partial charge >= 0.3 is 5.97 Å². The number of esters is 1. The van der Waals surface area contributed by atoms with Crippen molar-refractivity contribution < 1.29 is 28.5 Å². The number of ether oxygens (including phenoxy) is 4.